The molecule has 1 aliphatic rings. The molecule has 92 valence electrons. The molecule has 1 fully saturated rings. The van der Waals surface area contributed by atoms with Gasteiger partial charge in [0.05, 0.1) is 6.61 Å². The molecule has 1 saturated heterocycles. The van der Waals surface area contributed by atoms with Gasteiger partial charge in [-0.25, -0.2) is 4.79 Å². The summed E-state index contributed by atoms with van der Waals surface area (Å²) in [4.78, 5) is 13.4. The number of carbonyl (C=O) groups is 1. The van der Waals surface area contributed by atoms with E-state index in [1.807, 2.05) is 24.3 Å². The third-order valence-electron chi connectivity index (χ3n) is 2.70. The first-order valence-corrected chi connectivity index (χ1v) is 6.09. The van der Waals surface area contributed by atoms with Gasteiger partial charge in [0.1, 0.15) is 5.75 Å². The number of ether oxygens (including phenoxy) is 1. The Hall–Kier alpha value is -1.71. The van der Waals surface area contributed by atoms with Crippen LogP contribution in [0.3, 0.4) is 0 Å². The van der Waals surface area contributed by atoms with Gasteiger partial charge in [0, 0.05) is 18.8 Å². The fraction of sp³-hybridized carbons (Fsp3) is 0.462. The highest BCUT2D eigenvalue weighted by Crippen LogP contribution is 2.20. The number of hydrogen-bond acceptors (Lipinski definition) is 2. The molecule has 1 aromatic carbocycles. The minimum atomic E-state index is -0.0153. The SMILES string of the molecule is CCCOc1ccc(N2CCCNC2=O)cc1. The summed E-state index contributed by atoms with van der Waals surface area (Å²) in [7, 11) is 0. The van der Waals surface area contributed by atoms with Crippen molar-refractivity contribution >= 4 is 11.7 Å². The molecule has 1 aliphatic heterocycles. The number of urea groups is 1. The van der Waals surface area contributed by atoms with Crippen molar-refractivity contribution in [2.45, 2.75) is 19.8 Å². The van der Waals surface area contributed by atoms with Gasteiger partial charge in [0.25, 0.3) is 0 Å². The van der Waals surface area contributed by atoms with E-state index >= 15 is 0 Å². The van der Waals surface area contributed by atoms with Crippen LogP contribution in [-0.2, 0) is 0 Å². The average Bonchev–Trinajstić information content (AvgIpc) is 2.38. The van der Waals surface area contributed by atoms with Crippen molar-refractivity contribution in [3.8, 4) is 5.75 Å². The first-order chi connectivity index (χ1) is 8.31. The van der Waals surface area contributed by atoms with Crippen LogP contribution in [0.25, 0.3) is 0 Å². The number of nitrogens with zero attached hydrogens (tertiary/aromatic N) is 1. The maximum Gasteiger partial charge on any atom is 0.321 e. The van der Waals surface area contributed by atoms with Gasteiger partial charge < -0.3 is 10.1 Å². The van der Waals surface area contributed by atoms with Crippen LogP contribution in [0.15, 0.2) is 24.3 Å². The molecule has 0 atom stereocenters. The van der Waals surface area contributed by atoms with E-state index in [-0.39, 0.29) is 6.03 Å². The summed E-state index contributed by atoms with van der Waals surface area (Å²) in [5.41, 5.74) is 0.922. The van der Waals surface area contributed by atoms with Crippen LogP contribution >= 0.6 is 0 Å². The third-order valence-corrected chi connectivity index (χ3v) is 2.70. The monoisotopic (exact) mass is 234 g/mol. The maximum absolute atomic E-state index is 11.6. The lowest BCUT2D eigenvalue weighted by atomic mass is 10.2. The van der Waals surface area contributed by atoms with Crippen LogP contribution in [0.1, 0.15) is 19.8 Å². The van der Waals surface area contributed by atoms with E-state index < -0.39 is 0 Å². The number of hydrogen-bond donors (Lipinski definition) is 1. The lowest BCUT2D eigenvalue weighted by Gasteiger charge is -2.27. The molecule has 0 aromatic heterocycles. The molecule has 0 aliphatic carbocycles. The van der Waals surface area contributed by atoms with E-state index in [0.717, 1.165) is 44.0 Å². The third kappa shape index (κ3) is 2.90. The Morgan fingerprint density at radius 2 is 2.12 bits per heavy atom. The Morgan fingerprint density at radius 1 is 1.35 bits per heavy atom. The van der Waals surface area contributed by atoms with Gasteiger partial charge in [-0.15, -0.1) is 0 Å². The van der Waals surface area contributed by atoms with Gasteiger partial charge in [-0.05, 0) is 37.1 Å². The zero-order chi connectivity index (χ0) is 12.1. The predicted octanol–water partition coefficient (Wildman–Crippen LogP) is 2.40. The minimum Gasteiger partial charge on any atom is -0.494 e. The molecular formula is C13H18N2O2. The summed E-state index contributed by atoms with van der Waals surface area (Å²) in [5, 5.41) is 2.84. The predicted molar refractivity (Wildman–Crippen MR) is 67.6 cm³/mol. The molecule has 17 heavy (non-hydrogen) atoms. The molecule has 1 N–H and O–H groups in total. The number of amides is 2. The van der Waals surface area contributed by atoms with E-state index in [1.54, 1.807) is 4.90 Å². The van der Waals surface area contributed by atoms with Crippen molar-refractivity contribution in [1.82, 2.24) is 5.32 Å². The fourth-order valence-electron chi connectivity index (χ4n) is 1.82. The van der Waals surface area contributed by atoms with E-state index in [2.05, 4.69) is 12.2 Å². The first-order valence-electron chi connectivity index (χ1n) is 6.09. The van der Waals surface area contributed by atoms with Gasteiger partial charge in [-0.1, -0.05) is 6.92 Å². The first kappa shape index (κ1) is 11.8. The molecule has 0 bridgehead atoms. The number of benzene rings is 1. The second-order valence-electron chi connectivity index (χ2n) is 4.08. The molecular weight excluding hydrogens is 216 g/mol. The highest BCUT2D eigenvalue weighted by molar-refractivity contribution is 5.92. The zero-order valence-corrected chi connectivity index (χ0v) is 10.1. The number of anilines is 1. The summed E-state index contributed by atoms with van der Waals surface area (Å²) in [6.45, 7) is 4.35. The molecule has 1 heterocycles. The highest BCUT2D eigenvalue weighted by Gasteiger charge is 2.18. The summed E-state index contributed by atoms with van der Waals surface area (Å²) in [6.07, 6.45) is 1.98. The maximum atomic E-state index is 11.6. The molecule has 1 aromatic rings. The van der Waals surface area contributed by atoms with Crippen molar-refractivity contribution < 1.29 is 9.53 Å². The van der Waals surface area contributed by atoms with Crippen molar-refractivity contribution in [2.24, 2.45) is 0 Å². The Balaban J connectivity index is 2.03. The van der Waals surface area contributed by atoms with Crippen LogP contribution in [-0.4, -0.2) is 25.7 Å². The van der Waals surface area contributed by atoms with Crippen LogP contribution < -0.4 is 15.0 Å². The van der Waals surface area contributed by atoms with Crippen LogP contribution in [0.4, 0.5) is 10.5 Å². The van der Waals surface area contributed by atoms with Crippen molar-refractivity contribution in [1.29, 1.82) is 0 Å². The molecule has 0 unspecified atom stereocenters. The lowest BCUT2D eigenvalue weighted by Crippen LogP contribution is -2.46. The van der Waals surface area contributed by atoms with Gasteiger partial charge in [-0.3, -0.25) is 4.90 Å². The lowest BCUT2D eigenvalue weighted by molar-refractivity contribution is 0.243. The number of carbonyl (C=O) groups excluding carboxylic acids is 1. The number of rotatable bonds is 4. The Bertz CT molecular complexity index is 376. The van der Waals surface area contributed by atoms with E-state index in [4.69, 9.17) is 4.74 Å². The van der Waals surface area contributed by atoms with Crippen molar-refractivity contribution in [3.63, 3.8) is 0 Å². The molecule has 4 nitrogen and oxygen atoms in total. The molecule has 0 saturated carbocycles. The van der Waals surface area contributed by atoms with Gasteiger partial charge in [-0.2, -0.15) is 0 Å². The van der Waals surface area contributed by atoms with Crippen LogP contribution in [0.5, 0.6) is 5.75 Å². The van der Waals surface area contributed by atoms with Gasteiger partial charge in [0.2, 0.25) is 0 Å². The van der Waals surface area contributed by atoms with Gasteiger partial charge >= 0.3 is 6.03 Å². The zero-order valence-electron chi connectivity index (χ0n) is 10.1. The fourth-order valence-corrected chi connectivity index (χ4v) is 1.82. The summed E-state index contributed by atoms with van der Waals surface area (Å²) in [6, 6.07) is 7.66. The quantitative estimate of drug-likeness (QED) is 0.869. The molecule has 4 heteroatoms. The molecule has 0 radical (unpaired) electrons. The number of nitrogens with one attached hydrogen (secondary N) is 1. The molecule has 2 amide bonds. The van der Waals surface area contributed by atoms with Crippen molar-refractivity contribution in [2.75, 3.05) is 24.6 Å². The Morgan fingerprint density at radius 3 is 2.76 bits per heavy atom. The summed E-state index contributed by atoms with van der Waals surface area (Å²) in [5.74, 6) is 0.855. The standard InChI is InChI=1S/C13H18N2O2/c1-2-10-17-12-6-4-11(5-7-12)15-9-3-8-14-13(15)16/h4-7H,2-3,8-10H2,1H3,(H,14,16). The smallest absolute Gasteiger partial charge is 0.321 e. The van der Waals surface area contributed by atoms with Crippen LogP contribution in [0, 0.1) is 0 Å². The largest absolute Gasteiger partial charge is 0.494 e. The highest BCUT2D eigenvalue weighted by atomic mass is 16.5. The van der Waals surface area contributed by atoms with Crippen molar-refractivity contribution in [3.05, 3.63) is 24.3 Å². The minimum absolute atomic E-state index is 0.0153. The Kier molecular flexibility index (Phi) is 3.85. The average molecular weight is 234 g/mol. The molecule has 2 rings (SSSR count). The van der Waals surface area contributed by atoms with E-state index in [9.17, 15) is 4.79 Å². The van der Waals surface area contributed by atoms with E-state index in [0.29, 0.717) is 0 Å². The summed E-state index contributed by atoms with van der Waals surface area (Å²) < 4.78 is 5.51. The van der Waals surface area contributed by atoms with E-state index in [1.165, 1.54) is 0 Å². The normalized spacial score (nSPS) is 15.6. The van der Waals surface area contributed by atoms with Gasteiger partial charge in [0.15, 0.2) is 0 Å². The Labute approximate surface area is 102 Å². The summed E-state index contributed by atoms with van der Waals surface area (Å²) >= 11 is 0. The topological polar surface area (TPSA) is 41.6 Å². The molecule has 0 spiro atoms. The van der Waals surface area contributed by atoms with Crippen LogP contribution in [0.2, 0.25) is 0 Å². The second kappa shape index (κ2) is 5.57. The second-order valence-corrected chi connectivity index (χ2v) is 4.08.